The van der Waals surface area contributed by atoms with Crippen LogP contribution in [0.3, 0.4) is 0 Å². The summed E-state index contributed by atoms with van der Waals surface area (Å²) in [6.45, 7) is 3.29. The number of hydrogen-bond donors (Lipinski definition) is 2. The molecule has 0 rings (SSSR count). The van der Waals surface area contributed by atoms with E-state index in [2.05, 4.69) is 0 Å². The lowest BCUT2D eigenvalue weighted by Crippen LogP contribution is -2.47. The smallest absolute Gasteiger partial charge is 0.318 e. The first kappa shape index (κ1) is 12.4. The lowest BCUT2D eigenvalue weighted by atomic mass is 10.1. The number of amides is 3. The van der Waals surface area contributed by atoms with Crippen molar-refractivity contribution in [3.8, 4) is 6.07 Å². The quantitative estimate of drug-likeness (QED) is 0.633. The Kier molecular flexibility index (Phi) is 4.05. The van der Waals surface area contributed by atoms with E-state index in [0.717, 1.165) is 0 Å². The molecule has 0 unspecified atom stereocenters. The molecule has 0 aliphatic carbocycles. The van der Waals surface area contributed by atoms with E-state index in [1.54, 1.807) is 20.9 Å². The third kappa shape index (κ3) is 3.87. The molecule has 3 amide bonds. The molecule has 0 aromatic rings. The first-order chi connectivity index (χ1) is 6.29. The van der Waals surface area contributed by atoms with Crippen molar-refractivity contribution in [1.82, 2.24) is 10.2 Å². The maximum Gasteiger partial charge on any atom is 0.318 e. The number of imide groups is 1. The van der Waals surface area contributed by atoms with Gasteiger partial charge in [0.05, 0.1) is 12.6 Å². The van der Waals surface area contributed by atoms with Gasteiger partial charge in [-0.15, -0.1) is 0 Å². The fourth-order valence-corrected chi connectivity index (χ4v) is 0.675. The van der Waals surface area contributed by atoms with Gasteiger partial charge in [0.1, 0.15) is 5.54 Å². The summed E-state index contributed by atoms with van der Waals surface area (Å²) < 4.78 is 0. The Morgan fingerprint density at radius 1 is 1.57 bits per heavy atom. The Balaban J connectivity index is 4.21. The number of nitrogens with two attached hydrogens (primary N) is 1. The molecule has 0 fully saturated rings. The molecule has 0 heterocycles. The molecular weight excluding hydrogens is 184 g/mol. The van der Waals surface area contributed by atoms with Gasteiger partial charge in [0.25, 0.3) is 0 Å². The first-order valence-corrected chi connectivity index (χ1v) is 4.01. The van der Waals surface area contributed by atoms with Crippen molar-refractivity contribution in [2.75, 3.05) is 13.6 Å². The fourth-order valence-electron chi connectivity index (χ4n) is 0.675. The predicted molar refractivity (Wildman–Crippen MR) is 50.0 cm³/mol. The van der Waals surface area contributed by atoms with Crippen LogP contribution in [0.25, 0.3) is 0 Å². The summed E-state index contributed by atoms with van der Waals surface area (Å²) in [6.07, 6.45) is 0. The summed E-state index contributed by atoms with van der Waals surface area (Å²) in [5.74, 6) is -0.525. The standard InChI is InChI=1S/C8H14N4O2/c1-8(2,5-9)12(3)4-6(13)11-7(10)14/h4H2,1-3H3,(H3,10,11,13,14). The molecule has 0 saturated heterocycles. The molecule has 0 aliphatic heterocycles. The van der Waals surface area contributed by atoms with Gasteiger partial charge in [0, 0.05) is 0 Å². The molecule has 0 aliphatic rings. The molecule has 0 spiro atoms. The summed E-state index contributed by atoms with van der Waals surface area (Å²) >= 11 is 0. The Morgan fingerprint density at radius 2 is 2.07 bits per heavy atom. The molecule has 6 heteroatoms. The maximum absolute atomic E-state index is 11.1. The van der Waals surface area contributed by atoms with Gasteiger partial charge in [-0.25, -0.2) is 4.79 Å². The first-order valence-electron chi connectivity index (χ1n) is 4.01. The Morgan fingerprint density at radius 3 is 2.43 bits per heavy atom. The molecule has 3 N–H and O–H groups in total. The van der Waals surface area contributed by atoms with E-state index in [9.17, 15) is 9.59 Å². The van der Waals surface area contributed by atoms with Crippen LogP contribution in [0.1, 0.15) is 13.8 Å². The summed E-state index contributed by atoms with van der Waals surface area (Å²) in [7, 11) is 1.61. The van der Waals surface area contributed by atoms with Crippen LogP contribution < -0.4 is 11.1 Å². The van der Waals surface area contributed by atoms with Crippen molar-refractivity contribution in [3.63, 3.8) is 0 Å². The molecule has 0 radical (unpaired) electrons. The molecule has 14 heavy (non-hydrogen) atoms. The van der Waals surface area contributed by atoms with E-state index >= 15 is 0 Å². The van der Waals surface area contributed by atoms with Crippen LogP contribution in [0, 0.1) is 11.3 Å². The van der Waals surface area contributed by atoms with Crippen LogP contribution in [0.5, 0.6) is 0 Å². The minimum atomic E-state index is -0.891. The van der Waals surface area contributed by atoms with Gasteiger partial charge in [-0.2, -0.15) is 5.26 Å². The van der Waals surface area contributed by atoms with Crippen molar-refractivity contribution >= 4 is 11.9 Å². The number of carbonyl (C=O) groups excluding carboxylic acids is 2. The van der Waals surface area contributed by atoms with E-state index in [0.29, 0.717) is 0 Å². The number of urea groups is 1. The number of likely N-dealkylation sites (N-methyl/N-ethyl adjacent to an activating group) is 1. The molecule has 0 aromatic carbocycles. The minimum Gasteiger partial charge on any atom is -0.351 e. The van der Waals surface area contributed by atoms with Crippen LogP contribution in [-0.2, 0) is 4.79 Å². The highest BCUT2D eigenvalue weighted by Crippen LogP contribution is 2.09. The zero-order chi connectivity index (χ0) is 11.4. The van der Waals surface area contributed by atoms with Gasteiger partial charge in [-0.1, -0.05) is 0 Å². The summed E-state index contributed by atoms with van der Waals surface area (Å²) in [5, 5.41) is 10.7. The normalized spacial score (nSPS) is 10.8. The Labute approximate surface area is 82.7 Å². The number of primary amides is 1. The largest absolute Gasteiger partial charge is 0.351 e. The van der Waals surface area contributed by atoms with Crippen molar-refractivity contribution in [2.45, 2.75) is 19.4 Å². The second kappa shape index (κ2) is 4.58. The molecule has 0 bridgehead atoms. The molecular formula is C8H14N4O2. The molecule has 0 atom stereocenters. The maximum atomic E-state index is 11.1. The van der Waals surface area contributed by atoms with Crippen LogP contribution in [0.2, 0.25) is 0 Å². The molecule has 0 aromatic heterocycles. The number of nitrogens with zero attached hydrogens (tertiary/aromatic N) is 2. The molecule has 78 valence electrons. The number of rotatable bonds is 3. The average molecular weight is 198 g/mol. The van der Waals surface area contributed by atoms with Gasteiger partial charge >= 0.3 is 6.03 Å². The number of carbonyl (C=O) groups is 2. The highest BCUT2D eigenvalue weighted by atomic mass is 16.2. The highest BCUT2D eigenvalue weighted by Gasteiger charge is 2.24. The van der Waals surface area contributed by atoms with Crippen molar-refractivity contribution < 1.29 is 9.59 Å². The van der Waals surface area contributed by atoms with E-state index in [4.69, 9.17) is 11.0 Å². The zero-order valence-electron chi connectivity index (χ0n) is 8.50. The number of nitrogens with one attached hydrogen (secondary N) is 1. The van der Waals surface area contributed by atoms with Crippen LogP contribution >= 0.6 is 0 Å². The van der Waals surface area contributed by atoms with Crippen molar-refractivity contribution in [3.05, 3.63) is 0 Å². The van der Waals surface area contributed by atoms with Crippen LogP contribution in [-0.4, -0.2) is 36.0 Å². The lowest BCUT2D eigenvalue weighted by Gasteiger charge is -2.27. The fraction of sp³-hybridized carbons (Fsp3) is 0.625. The molecule has 0 saturated carbocycles. The van der Waals surface area contributed by atoms with Gasteiger partial charge in [0.15, 0.2) is 0 Å². The van der Waals surface area contributed by atoms with E-state index < -0.39 is 17.5 Å². The molecule has 6 nitrogen and oxygen atoms in total. The second-order valence-corrected chi connectivity index (χ2v) is 3.44. The zero-order valence-corrected chi connectivity index (χ0v) is 8.50. The van der Waals surface area contributed by atoms with Gasteiger partial charge in [-0.05, 0) is 20.9 Å². The monoisotopic (exact) mass is 198 g/mol. The van der Waals surface area contributed by atoms with E-state index in [1.807, 2.05) is 11.4 Å². The van der Waals surface area contributed by atoms with Crippen LogP contribution in [0.15, 0.2) is 0 Å². The van der Waals surface area contributed by atoms with Gasteiger partial charge < -0.3 is 5.73 Å². The predicted octanol–water partition coefficient (Wildman–Crippen LogP) is -0.585. The van der Waals surface area contributed by atoms with Crippen molar-refractivity contribution in [2.24, 2.45) is 5.73 Å². The summed E-state index contributed by atoms with van der Waals surface area (Å²) in [6, 6.07) is 1.14. The Hall–Kier alpha value is -1.61. The summed E-state index contributed by atoms with van der Waals surface area (Å²) in [5.41, 5.74) is 4.00. The van der Waals surface area contributed by atoms with E-state index in [-0.39, 0.29) is 6.54 Å². The lowest BCUT2D eigenvalue weighted by molar-refractivity contribution is -0.121. The van der Waals surface area contributed by atoms with Crippen LogP contribution in [0.4, 0.5) is 4.79 Å². The third-order valence-corrected chi connectivity index (χ3v) is 1.87. The minimum absolute atomic E-state index is 0.0521. The Bertz CT molecular complexity index is 280. The average Bonchev–Trinajstić information content (AvgIpc) is 2.02. The van der Waals surface area contributed by atoms with Gasteiger partial charge in [-0.3, -0.25) is 15.0 Å². The van der Waals surface area contributed by atoms with Crippen molar-refractivity contribution in [1.29, 1.82) is 5.26 Å². The van der Waals surface area contributed by atoms with E-state index in [1.165, 1.54) is 4.90 Å². The summed E-state index contributed by atoms with van der Waals surface area (Å²) in [4.78, 5) is 22.9. The second-order valence-electron chi connectivity index (χ2n) is 3.44. The highest BCUT2D eigenvalue weighted by molar-refractivity contribution is 5.94. The number of nitriles is 1. The SMILES string of the molecule is CN(CC(=O)NC(N)=O)C(C)(C)C#N. The van der Waals surface area contributed by atoms with Gasteiger partial charge in [0.2, 0.25) is 5.91 Å². The topological polar surface area (TPSA) is 99.2 Å². The number of hydrogen-bond acceptors (Lipinski definition) is 4. The third-order valence-electron chi connectivity index (χ3n) is 1.87.